The number of benzene rings is 2. The number of anilines is 1. The van der Waals surface area contributed by atoms with Crippen LogP contribution in [0.25, 0.3) is 22.2 Å². The molecule has 0 saturated carbocycles. The van der Waals surface area contributed by atoms with Crippen LogP contribution in [-0.4, -0.2) is 27.2 Å². The first-order chi connectivity index (χ1) is 14.4. The van der Waals surface area contributed by atoms with E-state index in [1.807, 2.05) is 6.07 Å². The number of aromatic nitrogens is 3. The molecule has 0 spiro atoms. The predicted molar refractivity (Wildman–Crippen MR) is 104 cm³/mol. The number of pyridine rings is 1. The Morgan fingerprint density at radius 2 is 1.83 bits per heavy atom. The average Bonchev–Trinajstić information content (AvgIpc) is 2.73. The van der Waals surface area contributed by atoms with Gasteiger partial charge in [0.05, 0.1) is 23.1 Å². The maximum absolute atomic E-state index is 12.5. The van der Waals surface area contributed by atoms with Gasteiger partial charge in [-0.2, -0.15) is 0 Å². The zero-order valence-corrected chi connectivity index (χ0v) is 15.2. The lowest BCUT2D eigenvalue weighted by Crippen LogP contribution is -2.17. The molecule has 0 aliphatic carbocycles. The van der Waals surface area contributed by atoms with Crippen LogP contribution in [0.1, 0.15) is 10.5 Å². The normalized spacial score (nSPS) is 11.3. The molecule has 0 radical (unpaired) electrons. The molecule has 6 nitrogen and oxygen atoms in total. The van der Waals surface area contributed by atoms with Gasteiger partial charge in [0.15, 0.2) is 0 Å². The van der Waals surface area contributed by atoms with Crippen LogP contribution in [0.2, 0.25) is 0 Å². The number of para-hydroxylation sites is 1. The summed E-state index contributed by atoms with van der Waals surface area (Å²) in [5, 5.41) is 3.49. The number of alkyl halides is 3. The van der Waals surface area contributed by atoms with Crippen molar-refractivity contribution < 1.29 is 22.7 Å². The molecule has 150 valence electrons. The topological polar surface area (TPSA) is 77.0 Å². The molecule has 2 aromatic carbocycles. The Hall–Kier alpha value is -4.01. The van der Waals surface area contributed by atoms with Gasteiger partial charge < -0.3 is 10.1 Å². The van der Waals surface area contributed by atoms with E-state index in [1.54, 1.807) is 30.3 Å². The van der Waals surface area contributed by atoms with E-state index in [2.05, 4.69) is 25.0 Å². The summed E-state index contributed by atoms with van der Waals surface area (Å²) in [5.74, 6) is -0.797. The standard InChI is InChI=1S/C21H13F3N4O2/c22-21(23,24)30-15-5-1-4-14(11-15)16-8-7-13-3-2-6-17(19(13)27-16)28-20(29)18-12-25-9-10-26-18/h1-12H,(H,28,29). The van der Waals surface area contributed by atoms with Crippen LogP contribution < -0.4 is 10.1 Å². The molecule has 4 aromatic rings. The highest BCUT2D eigenvalue weighted by Crippen LogP contribution is 2.30. The van der Waals surface area contributed by atoms with Gasteiger partial charge in [0.1, 0.15) is 11.4 Å². The number of carbonyl (C=O) groups excluding carboxylic acids is 1. The monoisotopic (exact) mass is 410 g/mol. The summed E-state index contributed by atoms with van der Waals surface area (Å²) in [4.78, 5) is 24.8. The number of nitrogens with one attached hydrogen (secondary N) is 1. The van der Waals surface area contributed by atoms with Gasteiger partial charge in [-0.3, -0.25) is 9.78 Å². The summed E-state index contributed by atoms with van der Waals surface area (Å²) in [6.07, 6.45) is -0.581. The minimum Gasteiger partial charge on any atom is -0.406 e. The van der Waals surface area contributed by atoms with Gasteiger partial charge in [0.2, 0.25) is 0 Å². The molecular weight excluding hydrogens is 397 g/mol. The molecule has 0 bridgehead atoms. The molecule has 0 saturated heterocycles. The molecule has 0 aliphatic rings. The highest BCUT2D eigenvalue weighted by Gasteiger charge is 2.31. The molecule has 0 fully saturated rings. The third-order valence-corrected chi connectivity index (χ3v) is 4.13. The lowest BCUT2D eigenvalue weighted by Gasteiger charge is -2.11. The maximum Gasteiger partial charge on any atom is 0.573 e. The number of nitrogens with zero attached hydrogens (tertiary/aromatic N) is 3. The number of rotatable bonds is 4. The first-order valence-electron chi connectivity index (χ1n) is 8.72. The van der Waals surface area contributed by atoms with E-state index < -0.39 is 12.3 Å². The van der Waals surface area contributed by atoms with Crippen LogP contribution in [0.15, 0.2) is 73.2 Å². The minimum absolute atomic E-state index is 0.141. The van der Waals surface area contributed by atoms with Crippen molar-refractivity contribution in [2.45, 2.75) is 6.36 Å². The lowest BCUT2D eigenvalue weighted by molar-refractivity contribution is -0.274. The Morgan fingerprint density at radius 1 is 1.00 bits per heavy atom. The average molecular weight is 410 g/mol. The molecule has 30 heavy (non-hydrogen) atoms. The molecule has 9 heteroatoms. The van der Waals surface area contributed by atoms with Gasteiger partial charge in [-0.05, 0) is 24.3 Å². The number of ether oxygens (including phenoxy) is 1. The smallest absolute Gasteiger partial charge is 0.406 e. The molecule has 1 N–H and O–H groups in total. The van der Waals surface area contributed by atoms with Crippen molar-refractivity contribution in [1.29, 1.82) is 0 Å². The highest BCUT2D eigenvalue weighted by atomic mass is 19.4. The van der Waals surface area contributed by atoms with Gasteiger partial charge >= 0.3 is 6.36 Å². The second-order valence-corrected chi connectivity index (χ2v) is 6.19. The van der Waals surface area contributed by atoms with Crippen LogP contribution in [0.3, 0.4) is 0 Å². The Bertz CT molecular complexity index is 1210. The van der Waals surface area contributed by atoms with Crippen molar-refractivity contribution in [3.63, 3.8) is 0 Å². The summed E-state index contributed by atoms with van der Waals surface area (Å²) in [6, 6.07) is 14.2. The van der Waals surface area contributed by atoms with E-state index in [0.29, 0.717) is 22.5 Å². The summed E-state index contributed by atoms with van der Waals surface area (Å²) < 4.78 is 41.5. The van der Waals surface area contributed by atoms with Crippen LogP contribution in [0.5, 0.6) is 5.75 Å². The Balaban J connectivity index is 1.70. The summed E-state index contributed by atoms with van der Waals surface area (Å²) in [6.45, 7) is 0. The van der Waals surface area contributed by atoms with Gasteiger partial charge in [-0.25, -0.2) is 9.97 Å². The van der Waals surface area contributed by atoms with E-state index >= 15 is 0 Å². The quantitative estimate of drug-likeness (QED) is 0.521. The van der Waals surface area contributed by atoms with Crippen molar-refractivity contribution in [2.24, 2.45) is 0 Å². The van der Waals surface area contributed by atoms with Crippen LogP contribution >= 0.6 is 0 Å². The third kappa shape index (κ3) is 4.35. The van der Waals surface area contributed by atoms with Crippen molar-refractivity contribution >= 4 is 22.5 Å². The zero-order valence-electron chi connectivity index (χ0n) is 15.2. The maximum atomic E-state index is 12.5. The molecule has 0 unspecified atom stereocenters. The Morgan fingerprint density at radius 3 is 2.60 bits per heavy atom. The number of halogens is 3. The molecular formula is C21H13F3N4O2. The van der Waals surface area contributed by atoms with Crippen molar-refractivity contribution in [2.75, 3.05) is 5.32 Å². The zero-order chi connectivity index (χ0) is 21.1. The molecule has 1 amide bonds. The highest BCUT2D eigenvalue weighted by molar-refractivity contribution is 6.07. The fourth-order valence-corrected chi connectivity index (χ4v) is 2.86. The summed E-state index contributed by atoms with van der Waals surface area (Å²) >= 11 is 0. The van der Waals surface area contributed by atoms with Crippen LogP contribution in [-0.2, 0) is 0 Å². The molecule has 0 aliphatic heterocycles. The Kier molecular flexibility index (Phi) is 5.01. The second-order valence-electron chi connectivity index (χ2n) is 6.19. The fourth-order valence-electron chi connectivity index (χ4n) is 2.86. The van der Waals surface area contributed by atoms with E-state index in [9.17, 15) is 18.0 Å². The van der Waals surface area contributed by atoms with Crippen LogP contribution in [0, 0.1) is 0 Å². The first-order valence-corrected chi connectivity index (χ1v) is 8.72. The van der Waals surface area contributed by atoms with E-state index in [4.69, 9.17) is 0 Å². The number of hydrogen-bond donors (Lipinski definition) is 1. The van der Waals surface area contributed by atoms with Gasteiger partial charge in [-0.1, -0.05) is 30.3 Å². The number of carbonyl (C=O) groups is 1. The molecule has 4 rings (SSSR count). The van der Waals surface area contributed by atoms with Gasteiger partial charge in [0.25, 0.3) is 5.91 Å². The number of hydrogen-bond acceptors (Lipinski definition) is 5. The number of fused-ring (bicyclic) bond motifs is 1. The minimum atomic E-state index is -4.78. The van der Waals surface area contributed by atoms with Crippen LogP contribution in [0.4, 0.5) is 18.9 Å². The van der Waals surface area contributed by atoms with Crippen molar-refractivity contribution in [1.82, 2.24) is 15.0 Å². The molecule has 2 aromatic heterocycles. The molecule has 2 heterocycles. The van der Waals surface area contributed by atoms with Gasteiger partial charge in [0, 0.05) is 23.3 Å². The van der Waals surface area contributed by atoms with Gasteiger partial charge in [-0.15, -0.1) is 13.2 Å². The van der Waals surface area contributed by atoms with Crippen molar-refractivity contribution in [3.05, 3.63) is 78.9 Å². The van der Waals surface area contributed by atoms with Crippen molar-refractivity contribution in [3.8, 4) is 17.0 Å². The number of amides is 1. The SMILES string of the molecule is O=C(Nc1cccc2ccc(-c3cccc(OC(F)(F)F)c3)nc12)c1cnccn1. The predicted octanol–water partition coefficient (Wildman–Crippen LogP) is 4.84. The second kappa shape index (κ2) is 7.78. The van der Waals surface area contributed by atoms with E-state index in [0.717, 1.165) is 5.39 Å². The third-order valence-electron chi connectivity index (χ3n) is 4.13. The first kappa shape index (κ1) is 19.3. The lowest BCUT2D eigenvalue weighted by atomic mass is 10.1. The summed E-state index contributed by atoms with van der Waals surface area (Å²) in [5.41, 5.74) is 1.93. The Labute approximate surface area is 168 Å². The molecule has 0 atom stereocenters. The van der Waals surface area contributed by atoms with E-state index in [1.165, 1.54) is 36.8 Å². The fraction of sp³-hybridized carbons (Fsp3) is 0.0476. The largest absolute Gasteiger partial charge is 0.573 e. The summed E-state index contributed by atoms with van der Waals surface area (Å²) in [7, 11) is 0. The van der Waals surface area contributed by atoms with E-state index in [-0.39, 0.29) is 11.4 Å².